The van der Waals surface area contributed by atoms with Gasteiger partial charge in [-0.2, -0.15) is 0 Å². The molecule has 3 aromatic carbocycles. The van der Waals surface area contributed by atoms with Crippen molar-refractivity contribution in [2.45, 2.75) is 27.7 Å². The topological polar surface area (TPSA) is 36.9 Å². The molecule has 0 aliphatic carbocycles. The van der Waals surface area contributed by atoms with Crippen LogP contribution in [0.15, 0.2) is 24.3 Å². The highest BCUT2D eigenvalue weighted by molar-refractivity contribution is 6.46. The summed E-state index contributed by atoms with van der Waals surface area (Å²) in [6, 6.07) is 7.46. The molecule has 0 aliphatic heterocycles. The molecule has 0 fully saturated rings. The summed E-state index contributed by atoms with van der Waals surface area (Å²) in [4.78, 5) is 0. The van der Waals surface area contributed by atoms with E-state index in [0.717, 1.165) is 16.2 Å². The lowest BCUT2D eigenvalue weighted by atomic mass is 9.98. The number of halogens is 2. The lowest BCUT2D eigenvalue weighted by Gasteiger charge is -2.21. The second kappa shape index (κ2) is 8.97. The predicted molar refractivity (Wildman–Crippen MR) is 116 cm³/mol. The Morgan fingerprint density at radius 3 is 1.64 bits per heavy atom. The first-order valence-electron chi connectivity index (χ1n) is 9.50. The first kappa shape index (κ1) is 20.7. The van der Waals surface area contributed by atoms with Crippen molar-refractivity contribution in [1.29, 1.82) is 0 Å². The molecule has 0 aromatic heterocycles. The molecule has 6 heteroatoms. The zero-order chi connectivity index (χ0) is 20.3. The van der Waals surface area contributed by atoms with E-state index in [4.69, 9.17) is 42.1 Å². The van der Waals surface area contributed by atoms with Gasteiger partial charge in [0.2, 0.25) is 0 Å². The van der Waals surface area contributed by atoms with Crippen LogP contribution in [0.2, 0.25) is 10.0 Å². The van der Waals surface area contributed by atoms with Crippen LogP contribution in [0, 0.1) is 0 Å². The van der Waals surface area contributed by atoms with E-state index in [2.05, 4.69) is 0 Å². The second-order valence-electron chi connectivity index (χ2n) is 5.99. The van der Waals surface area contributed by atoms with E-state index in [1.54, 1.807) is 6.07 Å². The fourth-order valence-electron chi connectivity index (χ4n) is 3.37. The molecular formula is C22H24Cl2O4. The Morgan fingerprint density at radius 1 is 0.607 bits per heavy atom. The standard InChI is InChI=1S/C22H24Cl2O4/c1-5-25-15-11-12-16(26-6-2)19-18(15)21(27-7-3)13-9-10-14(23)20(24)17(13)22(19)28-8-4/h9-12H,5-8H2,1-4H3. The Kier molecular flexibility index (Phi) is 6.63. The van der Waals surface area contributed by atoms with Gasteiger partial charge < -0.3 is 18.9 Å². The van der Waals surface area contributed by atoms with Crippen molar-refractivity contribution in [3.05, 3.63) is 34.3 Å². The molecular weight excluding hydrogens is 399 g/mol. The van der Waals surface area contributed by atoms with Crippen LogP contribution < -0.4 is 18.9 Å². The van der Waals surface area contributed by atoms with Gasteiger partial charge >= 0.3 is 0 Å². The van der Waals surface area contributed by atoms with Crippen LogP contribution in [0.25, 0.3) is 21.5 Å². The predicted octanol–water partition coefficient (Wildman–Crippen LogP) is 6.89. The Morgan fingerprint density at radius 2 is 1.11 bits per heavy atom. The van der Waals surface area contributed by atoms with Crippen LogP contribution in [0.4, 0.5) is 0 Å². The summed E-state index contributed by atoms with van der Waals surface area (Å²) < 4.78 is 24.0. The quantitative estimate of drug-likeness (QED) is 0.370. The third kappa shape index (κ3) is 3.51. The minimum absolute atomic E-state index is 0.426. The molecule has 3 rings (SSSR count). The third-order valence-corrected chi connectivity index (χ3v) is 5.13. The van der Waals surface area contributed by atoms with Gasteiger partial charge in [-0.05, 0) is 52.0 Å². The number of rotatable bonds is 8. The minimum Gasteiger partial charge on any atom is -0.493 e. The van der Waals surface area contributed by atoms with Crippen LogP contribution in [-0.2, 0) is 0 Å². The first-order chi connectivity index (χ1) is 13.6. The molecule has 0 bridgehead atoms. The maximum Gasteiger partial charge on any atom is 0.140 e. The van der Waals surface area contributed by atoms with Crippen molar-refractivity contribution < 1.29 is 18.9 Å². The van der Waals surface area contributed by atoms with Gasteiger partial charge in [0.25, 0.3) is 0 Å². The van der Waals surface area contributed by atoms with Crippen LogP contribution in [0.3, 0.4) is 0 Å². The molecule has 0 aliphatic rings. The van der Waals surface area contributed by atoms with Crippen molar-refractivity contribution >= 4 is 44.7 Å². The number of hydrogen-bond donors (Lipinski definition) is 0. The van der Waals surface area contributed by atoms with Crippen molar-refractivity contribution in [3.63, 3.8) is 0 Å². The first-order valence-corrected chi connectivity index (χ1v) is 10.3. The molecule has 150 valence electrons. The zero-order valence-electron chi connectivity index (χ0n) is 16.5. The van der Waals surface area contributed by atoms with Crippen LogP contribution in [0.1, 0.15) is 27.7 Å². The number of benzene rings is 3. The van der Waals surface area contributed by atoms with Gasteiger partial charge in [0.1, 0.15) is 23.0 Å². The van der Waals surface area contributed by atoms with Crippen molar-refractivity contribution in [2.75, 3.05) is 26.4 Å². The summed E-state index contributed by atoms with van der Waals surface area (Å²) in [5, 5.41) is 3.99. The molecule has 0 N–H and O–H groups in total. The van der Waals surface area contributed by atoms with Gasteiger partial charge in [-0.25, -0.2) is 0 Å². The van der Waals surface area contributed by atoms with Crippen LogP contribution in [0.5, 0.6) is 23.0 Å². The van der Waals surface area contributed by atoms with E-state index in [1.807, 2.05) is 45.9 Å². The molecule has 0 spiro atoms. The lowest BCUT2D eigenvalue weighted by molar-refractivity contribution is 0.324. The van der Waals surface area contributed by atoms with E-state index in [1.165, 1.54) is 0 Å². The molecule has 3 aromatic rings. The molecule has 0 radical (unpaired) electrons. The summed E-state index contributed by atoms with van der Waals surface area (Å²) in [5.74, 6) is 2.69. The summed E-state index contributed by atoms with van der Waals surface area (Å²) in [7, 11) is 0. The van der Waals surface area contributed by atoms with Crippen molar-refractivity contribution in [1.82, 2.24) is 0 Å². The minimum atomic E-state index is 0.426. The normalized spacial score (nSPS) is 11.1. The summed E-state index contributed by atoms with van der Waals surface area (Å²) in [6.07, 6.45) is 0. The number of ether oxygens (including phenoxy) is 4. The fraction of sp³-hybridized carbons (Fsp3) is 0.364. The smallest absolute Gasteiger partial charge is 0.140 e. The van der Waals surface area contributed by atoms with E-state index in [-0.39, 0.29) is 0 Å². The van der Waals surface area contributed by atoms with Gasteiger partial charge in [0.15, 0.2) is 0 Å². The van der Waals surface area contributed by atoms with E-state index >= 15 is 0 Å². The van der Waals surface area contributed by atoms with Gasteiger partial charge in [-0.3, -0.25) is 0 Å². The molecule has 0 amide bonds. The lowest BCUT2D eigenvalue weighted by Crippen LogP contribution is -2.03. The van der Waals surface area contributed by atoms with Crippen molar-refractivity contribution in [3.8, 4) is 23.0 Å². The molecule has 28 heavy (non-hydrogen) atoms. The fourth-order valence-corrected chi connectivity index (χ4v) is 3.78. The van der Waals surface area contributed by atoms with E-state index < -0.39 is 0 Å². The third-order valence-electron chi connectivity index (χ3n) is 4.33. The van der Waals surface area contributed by atoms with Gasteiger partial charge in [-0.1, -0.05) is 23.2 Å². The largest absolute Gasteiger partial charge is 0.493 e. The monoisotopic (exact) mass is 422 g/mol. The summed E-state index contributed by atoms with van der Waals surface area (Å²) in [6.45, 7) is 9.75. The van der Waals surface area contributed by atoms with Gasteiger partial charge in [-0.15, -0.1) is 0 Å². The Labute approximate surface area is 175 Å². The number of fused-ring (bicyclic) bond motifs is 2. The van der Waals surface area contributed by atoms with E-state index in [0.29, 0.717) is 64.9 Å². The Bertz CT molecular complexity index is 1000. The van der Waals surface area contributed by atoms with Gasteiger partial charge in [0, 0.05) is 10.8 Å². The SMILES string of the molecule is CCOc1ccc(OCC)c2c(OCC)c3c(Cl)c(Cl)ccc3c(OCC)c12. The highest BCUT2D eigenvalue weighted by Gasteiger charge is 2.25. The maximum absolute atomic E-state index is 6.63. The maximum atomic E-state index is 6.63. The average Bonchev–Trinajstić information content (AvgIpc) is 2.68. The molecule has 0 saturated heterocycles. The zero-order valence-corrected chi connectivity index (χ0v) is 18.0. The molecule has 4 nitrogen and oxygen atoms in total. The highest BCUT2D eigenvalue weighted by atomic mass is 35.5. The Hall–Kier alpha value is -2.04. The Balaban J connectivity index is 2.62. The molecule has 0 unspecified atom stereocenters. The van der Waals surface area contributed by atoms with Crippen LogP contribution >= 0.6 is 23.2 Å². The summed E-state index contributed by atoms with van der Waals surface area (Å²) >= 11 is 13.0. The van der Waals surface area contributed by atoms with Gasteiger partial charge in [0.05, 0.1) is 47.2 Å². The number of hydrogen-bond acceptors (Lipinski definition) is 4. The van der Waals surface area contributed by atoms with Crippen molar-refractivity contribution in [2.24, 2.45) is 0 Å². The van der Waals surface area contributed by atoms with Crippen LogP contribution in [-0.4, -0.2) is 26.4 Å². The van der Waals surface area contributed by atoms with E-state index in [9.17, 15) is 0 Å². The second-order valence-corrected chi connectivity index (χ2v) is 6.77. The summed E-state index contributed by atoms with van der Waals surface area (Å²) in [5.41, 5.74) is 0. The molecule has 0 atom stereocenters. The molecule has 0 heterocycles. The highest BCUT2D eigenvalue weighted by Crippen LogP contribution is 2.52. The molecule has 0 saturated carbocycles. The average molecular weight is 423 g/mol.